The number of nitrogens with two attached hydrogens (primary N) is 1. The number of hydrogen-bond donors (Lipinski definition) is 1. The fraction of sp³-hybridized carbons (Fsp3) is 0.615. The summed E-state index contributed by atoms with van der Waals surface area (Å²) < 4.78 is 0. The molecule has 0 saturated carbocycles. The number of anilines is 1. The van der Waals surface area contributed by atoms with Gasteiger partial charge in [-0.05, 0) is 32.5 Å². The predicted molar refractivity (Wildman–Crippen MR) is 71.1 cm³/mol. The summed E-state index contributed by atoms with van der Waals surface area (Å²) in [5, 5.41) is 0. The quantitative estimate of drug-likeness (QED) is 0.836. The molecule has 2 N–H and O–H groups in total. The summed E-state index contributed by atoms with van der Waals surface area (Å²) in [5.41, 5.74) is 6.92. The minimum absolute atomic E-state index is 0.0583. The van der Waals surface area contributed by atoms with Gasteiger partial charge in [-0.2, -0.15) is 0 Å². The van der Waals surface area contributed by atoms with Crippen LogP contribution in [0.15, 0.2) is 18.3 Å². The van der Waals surface area contributed by atoms with E-state index < -0.39 is 0 Å². The van der Waals surface area contributed by atoms with Crippen LogP contribution in [0.1, 0.15) is 25.5 Å². The van der Waals surface area contributed by atoms with Crippen LogP contribution in [0, 0.1) is 0 Å². The number of pyridine rings is 1. The van der Waals surface area contributed by atoms with E-state index in [1.807, 2.05) is 13.1 Å². The highest BCUT2D eigenvalue weighted by molar-refractivity contribution is 5.40. The fourth-order valence-electron chi connectivity index (χ4n) is 2.11. The van der Waals surface area contributed by atoms with Crippen molar-refractivity contribution in [3.8, 4) is 0 Å². The van der Waals surface area contributed by atoms with Crippen molar-refractivity contribution in [3.05, 3.63) is 23.9 Å². The van der Waals surface area contributed by atoms with E-state index >= 15 is 0 Å². The lowest BCUT2D eigenvalue weighted by molar-refractivity contribution is 0.233. The molecule has 1 fully saturated rings. The number of nitrogens with zero attached hydrogens (tertiary/aromatic N) is 3. The number of aromatic nitrogens is 1. The van der Waals surface area contributed by atoms with E-state index in [0.717, 1.165) is 31.0 Å². The van der Waals surface area contributed by atoms with Crippen molar-refractivity contribution in [1.29, 1.82) is 0 Å². The van der Waals surface area contributed by atoms with Crippen LogP contribution in [0.4, 0.5) is 5.82 Å². The number of rotatable bonds is 2. The van der Waals surface area contributed by atoms with E-state index in [1.165, 1.54) is 0 Å². The average Bonchev–Trinajstić information content (AvgIpc) is 2.33. The zero-order valence-electron chi connectivity index (χ0n) is 10.9. The van der Waals surface area contributed by atoms with Gasteiger partial charge in [0.25, 0.3) is 0 Å². The Morgan fingerprint density at radius 2 is 2.18 bits per heavy atom. The van der Waals surface area contributed by atoms with Crippen LogP contribution in [-0.4, -0.2) is 42.6 Å². The van der Waals surface area contributed by atoms with Crippen molar-refractivity contribution in [2.24, 2.45) is 5.73 Å². The van der Waals surface area contributed by atoms with E-state index in [4.69, 9.17) is 5.73 Å². The van der Waals surface area contributed by atoms with Crippen LogP contribution in [-0.2, 0) is 0 Å². The maximum absolute atomic E-state index is 5.82. The number of hydrogen-bond acceptors (Lipinski definition) is 4. The van der Waals surface area contributed by atoms with Crippen LogP contribution in [0.3, 0.4) is 0 Å². The maximum Gasteiger partial charge on any atom is 0.128 e. The van der Waals surface area contributed by atoms with Crippen molar-refractivity contribution in [2.75, 3.05) is 31.6 Å². The highest BCUT2D eigenvalue weighted by Gasteiger charge is 2.21. The number of likely N-dealkylation sites (N-methyl/N-ethyl adjacent to an activating group) is 1. The minimum atomic E-state index is 0.0583. The van der Waals surface area contributed by atoms with Gasteiger partial charge < -0.3 is 15.5 Å². The molecule has 2 heterocycles. The summed E-state index contributed by atoms with van der Waals surface area (Å²) in [4.78, 5) is 9.24. The predicted octanol–water partition coefficient (Wildman–Crippen LogP) is 1.24. The molecular weight excluding hydrogens is 212 g/mol. The molecule has 1 aliphatic rings. The first kappa shape index (κ1) is 12.3. The van der Waals surface area contributed by atoms with Gasteiger partial charge in [0.2, 0.25) is 0 Å². The summed E-state index contributed by atoms with van der Waals surface area (Å²) in [6.45, 7) is 7.42. The number of piperazine rings is 1. The first-order valence-corrected chi connectivity index (χ1v) is 6.24. The van der Waals surface area contributed by atoms with E-state index in [1.54, 1.807) is 0 Å². The molecule has 1 aromatic rings. The molecule has 1 aromatic heterocycles. The summed E-state index contributed by atoms with van der Waals surface area (Å²) in [6.07, 6.45) is 1.89. The van der Waals surface area contributed by atoms with Crippen LogP contribution in [0.25, 0.3) is 0 Å². The smallest absolute Gasteiger partial charge is 0.128 e. The fourth-order valence-corrected chi connectivity index (χ4v) is 2.11. The van der Waals surface area contributed by atoms with E-state index in [2.05, 4.69) is 40.9 Å². The van der Waals surface area contributed by atoms with E-state index in [-0.39, 0.29) is 6.04 Å². The Kier molecular flexibility index (Phi) is 3.64. The Morgan fingerprint density at radius 3 is 2.71 bits per heavy atom. The molecule has 0 aliphatic carbocycles. The molecule has 0 spiro atoms. The van der Waals surface area contributed by atoms with Crippen LogP contribution in [0.2, 0.25) is 0 Å². The normalized spacial score (nSPS) is 23.8. The van der Waals surface area contributed by atoms with Crippen LogP contribution < -0.4 is 10.6 Å². The van der Waals surface area contributed by atoms with Gasteiger partial charge in [-0.1, -0.05) is 6.07 Å². The zero-order chi connectivity index (χ0) is 12.4. The molecule has 2 atom stereocenters. The van der Waals surface area contributed by atoms with Crippen molar-refractivity contribution in [2.45, 2.75) is 25.9 Å². The van der Waals surface area contributed by atoms with Crippen LogP contribution >= 0.6 is 0 Å². The highest BCUT2D eigenvalue weighted by Crippen LogP contribution is 2.17. The van der Waals surface area contributed by atoms with Gasteiger partial charge in [0, 0.05) is 37.9 Å². The molecular formula is C13H22N4. The van der Waals surface area contributed by atoms with Gasteiger partial charge in [0.1, 0.15) is 5.82 Å². The Balaban J connectivity index is 2.07. The summed E-state index contributed by atoms with van der Waals surface area (Å²) in [6, 6.07) is 4.80. The Morgan fingerprint density at radius 1 is 1.41 bits per heavy atom. The summed E-state index contributed by atoms with van der Waals surface area (Å²) in [7, 11) is 2.18. The van der Waals surface area contributed by atoms with Crippen molar-refractivity contribution in [1.82, 2.24) is 9.88 Å². The lowest BCUT2D eigenvalue weighted by atomic mass is 10.1. The SMILES string of the molecule is CC1CN(c2ccc([C@@H](C)N)cn2)CCN1C. The molecule has 0 aromatic carbocycles. The third-order valence-corrected chi connectivity index (χ3v) is 3.58. The molecule has 17 heavy (non-hydrogen) atoms. The monoisotopic (exact) mass is 234 g/mol. The summed E-state index contributed by atoms with van der Waals surface area (Å²) >= 11 is 0. The van der Waals surface area contributed by atoms with Gasteiger partial charge in [-0.3, -0.25) is 0 Å². The molecule has 0 radical (unpaired) electrons. The molecule has 0 amide bonds. The zero-order valence-corrected chi connectivity index (χ0v) is 10.9. The van der Waals surface area contributed by atoms with Crippen LogP contribution in [0.5, 0.6) is 0 Å². The first-order chi connectivity index (χ1) is 8.08. The second-order valence-electron chi connectivity index (χ2n) is 5.01. The topological polar surface area (TPSA) is 45.4 Å². The molecule has 0 bridgehead atoms. The lowest BCUT2D eigenvalue weighted by Gasteiger charge is -2.38. The van der Waals surface area contributed by atoms with Gasteiger partial charge in [0.05, 0.1) is 0 Å². The molecule has 1 saturated heterocycles. The largest absolute Gasteiger partial charge is 0.354 e. The average molecular weight is 234 g/mol. The molecule has 4 heteroatoms. The Labute approximate surface area is 103 Å². The molecule has 4 nitrogen and oxygen atoms in total. The van der Waals surface area contributed by atoms with Gasteiger partial charge >= 0.3 is 0 Å². The van der Waals surface area contributed by atoms with Crippen molar-refractivity contribution >= 4 is 5.82 Å². The molecule has 1 unspecified atom stereocenters. The molecule has 94 valence electrons. The third kappa shape index (κ3) is 2.76. The third-order valence-electron chi connectivity index (χ3n) is 3.58. The lowest BCUT2D eigenvalue weighted by Crippen LogP contribution is -2.50. The maximum atomic E-state index is 5.82. The second kappa shape index (κ2) is 5.02. The van der Waals surface area contributed by atoms with Crippen molar-refractivity contribution in [3.63, 3.8) is 0 Å². The van der Waals surface area contributed by atoms with Gasteiger partial charge in [0.15, 0.2) is 0 Å². The van der Waals surface area contributed by atoms with E-state index in [0.29, 0.717) is 6.04 Å². The second-order valence-corrected chi connectivity index (χ2v) is 5.01. The van der Waals surface area contributed by atoms with Gasteiger partial charge in [-0.25, -0.2) is 4.98 Å². The molecule has 2 rings (SSSR count). The Bertz CT molecular complexity index is 360. The Hall–Kier alpha value is -1.13. The standard InChI is InChI=1S/C13H22N4/c1-10-9-17(7-6-16(10)3)13-5-4-12(8-15-13)11(2)14/h4-5,8,10-11H,6-7,9,14H2,1-3H3/t10?,11-/m1/s1. The summed E-state index contributed by atoms with van der Waals surface area (Å²) in [5.74, 6) is 1.06. The minimum Gasteiger partial charge on any atom is -0.354 e. The molecule has 1 aliphatic heterocycles. The van der Waals surface area contributed by atoms with E-state index in [9.17, 15) is 0 Å². The highest BCUT2D eigenvalue weighted by atomic mass is 15.3. The van der Waals surface area contributed by atoms with Crippen molar-refractivity contribution < 1.29 is 0 Å². The van der Waals surface area contributed by atoms with Gasteiger partial charge in [-0.15, -0.1) is 0 Å². The first-order valence-electron chi connectivity index (χ1n) is 6.24.